The summed E-state index contributed by atoms with van der Waals surface area (Å²) in [6.45, 7) is 3.02. The van der Waals surface area contributed by atoms with Crippen molar-refractivity contribution < 1.29 is 20.1 Å². The van der Waals surface area contributed by atoms with Gasteiger partial charge < -0.3 is 20.1 Å². The first kappa shape index (κ1) is 10.7. The minimum absolute atomic E-state index is 0.144. The van der Waals surface area contributed by atoms with Gasteiger partial charge in [-0.05, 0) is 23.8 Å². The second kappa shape index (κ2) is 4.00. The van der Waals surface area contributed by atoms with E-state index < -0.39 is 0 Å². The lowest BCUT2D eigenvalue weighted by molar-refractivity contribution is 0.253. The first-order chi connectivity index (χ1) is 7.67. The van der Waals surface area contributed by atoms with Crippen molar-refractivity contribution in [3.8, 4) is 11.5 Å². The van der Waals surface area contributed by atoms with Gasteiger partial charge in [-0.2, -0.15) is 0 Å². The van der Waals surface area contributed by atoms with Gasteiger partial charge in [0.25, 0.3) is 0 Å². The SMILES string of the molecule is C=C1C=Cc2cc(CO)c(CO)c(O)c2O1. The number of allylic oxidation sites excluding steroid dienone is 1. The predicted molar refractivity (Wildman–Crippen MR) is 58.8 cm³/mol. The molecule has 2 rings (SSSR count). The minimum Gasteiger partial charge on any atom is -0.504 e. The number of hydrogen-bond donors (Lipinski definition) is 3. The number of fused-ring (bicyclic) bond motifs is 1. The third-order valence-electron chi connectivity index (χ3n) is 2.49. The van der Waals surface area contributed by atoms with Gasteiger partial charge in [0.1, 0.15) is 5.76 Å². The van der Waals surface area contributed by atoms with Crippen molar-refractivity contribution >= 4 is 6.08 Å². The Balaban J connectivity index is 2.65. The highest BCUT2D eigenvalue weighted by Gasteiger charge is 2.19. The molecule has 1 aliphatic heterocycles. The van der Waals surface area contributed by atoms with Crippen LogP contribution in [-0.2, 0) is 13.2 Å². The molecule has 1 aromatic carbocycles. The highest BCUT2D eigenvalue weighted by molar-refractivity contribution is 5.69. The van der Waals surface area contributed by atoms with E-state index in [9.17, 15) is 5.11 Å². The lowest BCUT2D eigenvalue weighted by Crippen LogP contribution is -2.03. The second-order valence-corrected chi connectivity index (χ2v) is 3.50. The van der Waals surface area contributed by atoms with Crippen LogP contribution in [-0.4, -0.2) is 15.3 Å². The lowest BCUT2D eigenvalue weighted by atomic mass is 10.0. The van der Waals surface area contributed by atoms with E-state index in [0.29, 0.717) is 16.9 Å². The fourth-order valence-electron chi connectivity index (χ4n) is 1.66. The fourth-order valence-corrected chi connectivity index (χ4v) is 1.66. The monoisotopic (exact) mass is 220 g/mol. The molecule has 0 saturated heterocycles. The molecule has 0 saturated carbocycles. The molecule has 4 nitrogen and oxygen atoms in total. The molecule has 16 heavy (non-hydrogen) atoms. The Bertz CT molecular complexity index is 474. The van der Waals surface area contributed by atoms with Crippen LogP contribution in [0.2, 0.25) is 0 Å². The zero-order chi connectivity index (χ0) is 11.7. The summed E-state index contributed by atoms with van der Waals surface area (Å²) in [4.78, 5) is 0. The van der Waals surface area contributed by atoms with Crippen LogP contribution in [0.1, 0.15) is 16.7 Å². The maximum Gasteiger partial charge on any atom is 0.176 e. The van der Waals surface area contributed by atoms with Crippen molar-refractivity contribution in [3.05, 3.63) is 41.2 Å². The summed E-state index contributed by atoms with van der Waals surface area (Å²) < 4.78 is 5.28. The summed E-state index contributed by atoms with van der Waals surface area (Å²) in [5.41, 5.74) is 1.43. The Morgan fingerprint density at radius 3 is 2.56 bits per heavy atom. The van der Waals surface area contributed by atoms with Gasteiger partial charge in [0, 0.05) is 11.1 Å². The maximum atomic E-state index is 9.89. The molecule has 4 heteroatoms. The summed E-state index contributed by atoms with van der Waals surface area (Å²) in [6.07, 6.45) is 3.41. The van der Waals surface area contributed by atoms with Crippen LogP contribution < -0.4 is 4.74 Å². The highest BCUT2D eigenvalue weighted by atomic mass is 16.5. The number of rotatable bonds is 2. The zero-order valence-corrected chi connectivity index (χ0v) is 8.60. The molecule has 0 unspecified atom stereocenters. The third kappa shape index (κ3) is 1.58. The van der Waals surface area contributed by atoms with E-state index in [-0.39, 0.29) is 30.3 Å². The number of aromatic hydroxyl groups is 1. The highest BCUT2D eigenvalue weighted by Crippen LogP contribution is 2.40. The number of benzene rings is 1. The average Bonchev–Trinajstić information content (AvgIpc) is 2.29. The van der Waals surface area contributed by atoms with Crippen LogP contribution >= 0.6 is 0 Å². The second-order valence-electron chi connectivity index (χ2n) is 3.50. The van der Waals surface area contributed by atoms with E-state index in [1.54, 1.807) is 18.2 Å². The molecule has 1 heterocycles. The van der Waals surface area contributed by atoms with Gasteiger partial charge in [0.2, 0.25) is 0 Å². The fraction of sp³-hybridized carbons (Fsp3) is 0.167. The summed E-state index contributed by atoms with van der Waals surface area (Å²) in [5.74, 6) is 0.548. The van der Waals surface area contributed by atoms with Crippen LogP contribution in [0.4, 0.5) is 0 Å². The normalized spacial score (nSPS) is 13.5. The van der Waals surface area contributed by atoms with Gasteiger partial charge in [0.15, 0.2) is 11.5 Å². The van der Waals surface area contributed by atoms with Gasteiger partial charge in [-0.15, -0.1) is 0 Å². The van der Waals surface area contributed by atoms with Crippen molar-refractivity contribution in [1.29, 1.82) is 0 Å². The summed E-state index contributed by atoms with van der Waals surface area (Å²) in [5, 5.41) is 28.1. The van der Waals surface area contributed by atoms with Gasteiger partial charge in [-0.3, -0.25) is 0 Å². The molecule has 0 amide bonds. The van der Waals surface area contributed by atoms with E-state index in [1.165, 1.54) is 0 Å². The number of ether oxygens (including phenoxy) is 1. The van der Waals surface area contributed by atoms with Crippen LogP contribution in [0.5, 0.6) is 11.5 Å². The summed E-state index contributed by atoms with van der Waals surface area (Å²) >= 11 is 0. The standard InChI is InChI=1S/C12H12O4/c1-7-2-3-8-4-9(5-13)10(6-14)11(15)12(8)16-7/h2-4,13-15H,1,5-6H2. The molecular formula is C12H12O4. The zero-order valence-electron chi connectivity index (χ0n) is 8.60. The van der Waals surface area contributed by atoms with Crippen molar-refractivity contribution in [2.24, 2.45) is 0 Å². The Labute approximate surface area is 92.7 Å². The molecule has 1 aliphatic rings. The molecule has 1 aromatic rings. The molecule has 0 radical (unpaired) electrons. The van der Waals surface area contributed by atoms with Crippen LogP contribution in [0.25, 0.3) is 6.08 Å². The molecule has 0 spiro atoms. The Kier molecular flexibility index (Phi) is 2.68. The summed E-state index contributed by atoms with van der Waals surface area (Å²) in [7, 11) is 0. The van der Waals surface area contributed by atoms with Crippen molar-refractivity contribution in [1.82, 2.24) is 0 Å². The number of aliphatic hydroxyl groups is 2. The Morgan fingerprint density at radius 1 is 1.19 bits per heavy atom. The van der Waals surface area contributed by atoms with E-state index in [2.05, 4.69) is 6.58 Å². The summed E-state index contributed by atoms with van der Waals surface area (Å²) in [6, 6.07) is 1.67. The maximum absolute atomic E-state index is 9.89. The van der Waals surface area contributed by atoms with Crippen molar-refractivity contribution in [3.63, 3.8) is 0 Å². The molecule has 84 valence electrons. The molecule has 0 aromatic heterocycles. The van der Waals surface area contributed by atoms with E-state index >= 15 is 0 Å². The largest absolute Gasteiger partial charge is 0.504 e. The molecular weight excluding hydrogens is 208 g/mol. The van der Waals surface area contributed by atoms with Crippen molar-refractivity contribution in [2.75, 3.05) is 0 Å². The smallest absolute Gasteiger partial charge is 0.176 e. The number of aliphatic hydroxyl groups excluding tert-OH is 2. The van der Waals surface area contributed by atoms with E-state index in [4.69, 9.17) is 14.9 Å². The molecule has 0 fully saturated rings. The number of phenols is 1. The predicted octanol–water partition coefficient (Wildman–Crippen LogP) is 1.30. The van der Waals surface area contributed by atoms with Crippen LogP contribution in [0, 0.1) is 0 Å². The van der Waals surface area contributed by atoms with Crippen molar-refractivity contribution in [2.45, 2.75) is 13.2 Å². The van der Waals surface area contributed by atoms with E-state index in [1.807, 2.05) is 0 Å². The first-order valence-electron chi connectivity index (χ1n) is 4.81. The Morgan fingerprint density at radius 2 is 1.94 bits per heavy atom. The minimum atomic E-state index is -0.353. The lowest BCUT2D eigenvalue weighted by Gasteiger charge is -2.18. The van der Waals surface area contributed by atoms with E-state index in [0.717, 1.165) is 0 Å². The van der Waals surface area contributed by atoms with Crippen LogP contribution in [0.15, 0.2) is 24.5 Å². The topological polar surface area (TPSA) is 69.9 Å². The molecule has 0 aliphatic carbocycles. The first-order valence-corrected chi connectivity index (χ1v) is 4.81. The quantitative estimate of drug-likeness (QED) is 0.702. The third-order valence-corrected chi connectivity index (χ3v) is 2.49. The van der Waals surface area contributed by atoms with Gasteiger partial charge >= 0.3 is 0 Å². The van der Waals surface area contributed by atoms with Gasteiger partial charge in [0.05, 0.1) is 13.2 Å². The Hall–Kier alpha value is -1.78. The van der Waals surface area contributed by atoms with Gasteiger partial charge in [-0.25, -0.2) is 0 Å². The molecule has 3 N–H and O–H groups in total. The number of hydrogen-bond acceptors (Lipinski definition) is 4. The van der Waals surface area contributed by atoms with Crippen LogP contribution in [0.3, 0.4) is 0 Å². The molecule has 0 atom stereocenters. The van der Waals surface area contributed by atoms with Gasteiger partial charge in [-0.1, -0.05) is 6.58 Å². The average molecular weight is 220 g/mol. The molecule has 0 bridgehead atoms.